The van der Waals surface area contributed by atoms with Crippen molar-refractivity contribution in [3.8, 4) is 5.75 Å². The predicted octanol–water partition coefficient (Wildman–Crippen LogP) is 3.41. The first kappa shape index (κ1) is 16.2. The Labute approximate surface area is 128 Å². The van der Waals surface area contributed by atoms with Crippen molar-refractivity contribution in [2.75, 3.05) is 0 Å². The number of benzene rings is 2. The summed E-state index contributed by atoms with van der Waals surface area (Å²) in [6, 6.07) is 8.07. The summed E-state index contributed by atoms with van der Waals surface area (Å²) < 4.78 is 43.1. The van der Waals surface area contributed by atoms with Gasteiger partial charge in [0.05, 0.1) is 5.56 Å². The zero-order chi connectivity index (χ0) is 16.5. The number of hydrogen-bond acceptors (Lipinski definition) is 4. The van der Waals surface area contributed by atoms with E-state index in [0.717, 1.165) is 23.8 Å². The summed E-state index contributed by atoms with van der Waals surface area (Å²) >= 11 is 0. The molecule has 0 fully saturated rings. The lowest BCUT2D eigenvalue weighted by Gasteiger charge is -2.12. The molecule has 0 unspecified atom stereocenters. The summed E-state index contributed by atoms with van der Waals surface area (Å²) in [7, 11) is -4.11. The topological polar surface area (TPSA) is 60.4 Å². The lowest BCUT2D eigenvalue weighted by molar-refractivity contribution is 0.101. The van der Waals surface area contributed by atoms with E-state index in [-0.39, 0.29) is 16.2 Å². The van der Waals surface area contributed by atoms with Crippen LogP contribution in [0.5, 0.6) is 5.75 Å². The van der Waals surface area contributed by atoms with Crippen molar-refractivity contribution in [3.63, 3.8) is 0 Å². The first-order valence-electron chi connectivity index (χ1n) is 6.53. The highest BCUT2D eigenvalue weighted by Crippen LogP contribution is 2.26. The van der Waals surface area contributed by atoms with Gasteiger partial charge in [0.1, 0.15) is 10.7 Å². The molecule has 0 N–H and O–H groups in total. The maximum atomic E-state index is 13.2. The van der Waals surface area contributed by atoms with Gasteiger partial charge < -0.3 is 4.18 Å². The summed E-state index contributed by atoms with van der Waals surface area (Å²) in [5.74, 6) is -1.30. The monoisotopic (exact) mass is 322 g/mol. The molecule has 0 saturated carbocycles. The van der Waals surface area contributed by atoms with Crippen LogP contribution >= 0.6 is 0 Å². The molecule has 0 heterocycles. The summed E-state index contributed by atoms with van der Waals surface area (Å²) in [6.07, 6.45) is 0. The average Bonchev–Trinajstić information content (AvgIpc) is 2.43. The third-order valence-corrected chi connectivity index (χ3v) is 4.51. The smallest absolute Gasteiger partial charge is 0.339 e. The maximum Gasteiger partial charge on any atom is 0.339 e. The maximum absolute atomic E-state index is 13.2. The molecule has 116 valence electrons. The summed E-state index contributed by atoms with van der Waals surface area (Å²) in [4.78, 5) is 11.5. The molecule has 22 heavy (non-hydrogen) atoms. The van der Waals surface area contributed by atoms with Crippen molar-refractivity contribution in [2.45, 2.75) is 25.7 Å². The quantitative estimate of drug-likeness (QED) is 0.639. The standard InChI is InChI=1S/C16H15FO4S/c1-10-4-5-11(2)16(8-10)22(19,20)21-15-7-6-13(17)9-14(15)12(3)18/h4-9H,1-3H3. The minimum absolute atomic E-state index is 0.0197. The number of hydrogen-bond donors (Lipinski definition) is 0. The Balaban J connectivity index is 2.50. The zero-order valence-electron chi connectivity index (χ0n) is 12.4. The second kappa shape index (κ2) is 5.88. The normalized spacial score (nSPS) is 11.3. The molecule has 4 nitrogen and oxygen atoms in total. The summed E-state index contributed by atoms with van der Waals surface area (Å²) in [6.45, 7) is 4.62. The van der Waals surface area contributed by atoms with Gasteiger partial charge in [-0.05, 0) is 56.2 Å². The Morgan fingerprint density at radius 3 is 2.41 bits per heavy atom. The molecule has 0 spiro atoms. The number of rotatable bonds is 4. The van der Waals surface area contributed by atoms with E-state index in [9.17, 15) is 17.6 Å². The number of ketones is 1. The fraction of sp³-hybridized carbons (Fsp3) is 0.188. The second-order valence-corrected chi connectivity index (χ2v) is 6.52. The number of carbonyl (C=O) groups excluding carboxylic acids is 1. The van der Waals surface area contributed by atoms with Crippen LogP contribution in [0.3, 0.4) is 0 Å². The van der Waals surface area contributed by atoms with Gasteiger partial charge in [-0.15, -0.1) is 0 Å². The molecule has 0 saturated heterocycles. The highest BCUT2D eigenvalue weighted by atomic mass is 32.2. The molecule has 2 rings (SSSR count). The van der Waals surface area contributed by atoms with Gasteiger partial charge in [0.2, 0.25) is 0 Å². The van der Waals surface area contributed by atoms with Gasteiger partial charge in [-0.3, -0.25) is 4.79 Å². The largest absolute Gasteiger partial charge is 0.378 e. The number of halogens is 1. The van der Waals surface area contributed by atoms with E-state index in [1.807, 2.05) is 0 Å². The van der Waals surface area contributed by atoms with Gasteiger partial charge in [0, 0.05) is 0 Å². The Kier molecular flexibility index (Phi) is 4.32. The predicted molar refractivity (Wildman–Crippen MR) is 80.1 cm³/mol. The van der Waals surface area contributed by atoms with Gasteiger partial charge in [-0.1, -0.05) is 12.1 Å². The Morgan fingerprint density at radius 2 is 1.77 bits per heavy atom. The highest BCUT2D eigenvalue weighted by Gasteiger charge is 2.22. The Bertz CT molecular complexity index is 841. The molecule has 0 amide bonds. The lowest BCUT2D eigenvalue weighted by Crippen LogP contribution is -2.13. The molecule has 0 bridgehead atoms. The van der Waals surface area contributed by atoms with Crippen LogP contribution in [0, 0.1) is 19.7 Å². The van der Waals surface area contributed by atoms with Crippen LogP contribution in [0.4, 0.5) is 4.39 Å². The van der Waals surface area contributed by atoms with Crippen molar-refractivity contribution >= 4 is 15.9 Å². The van der Waals surface area contributed by atoms with Crippen molar-refractivity contribution in [3.05, 3.63) is 58.9 Å². The minimum Gasteiger partial charge on any atom is -0.378 e. The molecular weight excluding hydrogens is 307 g/mol. The van der Waals surface area contributed by atoms with E-state index in [0.29, 0.717) is 5.56 Å². The molecular formula is C16H15FO4S. The van der Waals surface area contributed by atoms with Gasteiger partial charge in [0.15, 0.2) is 11.5 Å². The van der Waals surface area contributed by atoms with Crippen molar-refractivity contribution in [2.24, 2.45) is 0 Å². The van der Waals surface area contributed by atoms with Crippen LogP contribution in [0.25, 0.3) is 0 Å². The third kappa shape index (κ3) is 3.33. The molecule has 2 aromatic rings. The van der Waals surface area contributed by atoms with Gasteiger partial charge >= 0.3 is 10.1 Å². The van der Waals surface area contributed by atoms with Crippen LogP contribution in [-0.2, 0) is 10.1 Å². The van der Waals surface area contributed by atoms with E-state index < -0.39 is 21.7 Å². The molecule has 0 atom stereocenters. The number of Topliss-reactive ketones (excluding diaryl/α,β-unsaturated/α-hetero) is 1. The molecule has 0 radical (unpaired) electrons. The summed E-state index contributed by atoms with van der Waals surface area (Å²) in [5, 5.41) is 0. The van der Waals surface area contributed by atoms with E-state index in [1.165, 1.54) is 13.0 Å². The van der Waals surface area contributed by atoms with Gasteiger partial charge in [0.25, 0.3) is 0 Å². The van der Waals surface area contributed by atoms with Crippen LogP contribution in [0.2, 0.25) is 0 Å². The van der Waals surface area contributed by atoms with Crippen molar-refractivity contribution in [1.82, 2.24) is 0 Å². The first-order valence-corrected chi connectivity index (χ1v) is 7.94. The fourth-order valence-electron chi connectivity index (χ4n) is 1.99. The van der Waals surface area contributed by atoms with Gasteiger partial charge in [-0.25, -0.2) is 4.39 Å². The van der Waals surface area contributed by atoms with E-state index in [2.05, 4.69) is 0 Å². The number of aryl methyl sites for hydroxylation is 2. The van der Waals surface area contributed by atoms with E-state index >= 15 is 0 Å². The molecule has 0 aromatic heterocycles. The summed E-state index contributed by atoms with van der Waals surface area (Å²) in [5.41, 5.74) is 1.17. The van der Waals surface area contributed by atoms with Crippen molar-refractivity contribution in [1.29, 1.82) is 0 Å². The van der Waals surface area contributed by atoms with Crippen molar-refractivity contribution < 1.29 is 21.8 Å². The van der Waals surface area contributed by atoms with Gasteiger partial charge in [-0.2, -0.15) is 8.42 Å². The lowest BCUT2D eigenvalue weighted by atomic mass is 10.1. The highest BCUT2D eigenvalue weighted by molar-refractivity contribution is 7.87. The zero-order valence-corrected chi connectivity index (χ0v) is 13.2. The van der Waals surface area contributed by atoms with Crippen LogP contribution in [-0.4, -0.2) is 14.2 Å². The second-order valence-electron chi connectivity index (χ2n) is 5.00. The fourth-order valence-corrected chi connectivity index (χ4v) is 3.25. The van der Waals surface area contributed by atoms with Crippen LogP contribution in [0.1, 0.15) is 28.4 Å². The Morgan fingerprint density at radius 1 is 1.09 bits per heavy atom. The molecule has 0 aliphatic heterocycles. The average molecular weight is 322 g/mol. The van der Waals surface area contributed by atoms with E-state index in [1.54, 1.807) is 26.0 Å². The SMILES string of the molecule is CC(=O)c1cc(F)ccc1OS(=O)(=O)c1cc(C)ccc1C. The Hall–Kier alpha value is -2.21. The van der Waals surface area contributed by atoms with Crippen LogP contribution in [0.15, 0.2) is 41.3 Å². The molecule has 6 heteroatoms. The minimum atomic E-state index is -4.11. The number of carbonyl (C=O) groups is 1. The molecule has 2 aromatic carbocycles. The van der Waals surface area contributed by atoms with Crippen LogP contribution < -0.4 is 4.18 Å². The first-order chi connectivity index (χ1) is 10.2. The molecule has 0 aliphatic rings. The molecule has 0 aliphatic carbocycles. The third-order valence-electron chi connectivity index (χ3n) is 3.13. The van der Waals surface area contributed by atoms with E-state index in [4.69, 9.17) is 4.18 Å².